The molecule has 3 N–H and O–H groups in total. The maximum atomic E-state index is 11.8. The molecule has 0 amide bonds. The van der Waals surface area contributed by atoms with Gasteiger partial charge in [0.25, 0.3) is 0 Å². The van der Waals surface area contributed by atoms with Crippen LogP contribution >= 0.6 is 0 Å². The van der Waals surface area contributed by atoms with Crippen molar-refractivity contribution in [1.82, 2.24) is 10.3 Å². The predicted molar refractivity (Wildman–Crippen MR) is 78.7 cm³/mol. The predicted octanol–water partition coefficient (Wildman–Crippen LogP) is 1.27. The summed E-state index contributed by atoms with van der Waals surface area (Å²) < 4.78 is 4.81. The number of nitrogens with one attached hydrogen (secondary N) is 1. The quantitative estimate of drug-likeness (QED) is 0.656. The molecule has 0 fully saturated rings. The van der Waals surface area contributed by atoms with Gasteiger partial charge in [-0.1, -0.05) is 20.3 Å². The molecular weight excluding hydrogens is 272 g/mol. The zero-order valence-electron chi connectivity index (χ0n) is 13.0. The van der Waals surface area contributed by atoms with E-state index in [1.165, 1.54) is 13.3 Å². The van der Waals surface area contributed by atoms with E-state index in [1.807, 2.05) is 13.8 Å². The van der Waals surface area contributed by atoms with Gasteiger partial charge in [-0.3, -0.25) is 15.1 Å². The fourth-order valence-corrected chi connectivity index (χ4v) is 2.11. The van der Waals surface area contributed by atoms with Gasteiger partial charge in [-0.25, -0.2) is 0 Å². The van der Waals surface area contributed by atoms with E-state index < -0.39 is 6.04 Å². The molecule has 0 saturated carbocycles. The number of rotatable bonds is 7. The van der Waals surface area contributed by atoms with Crippen molar-refractivity contribution in [2.45, 2.75) is 46.4 Å². The van der Waals surface area contributed by atoms with Crippen molar-refractivity contribution in [3.8, 4) is 5.75 Å². The Morgan fingerprint density at radius 3 is 2.71 bits per heavy atom. The molecule has 2 unspecified atom stereocenters. The highest BCUT2D eigenvalue weighted by molar-refractivity contribution is 5.76. The minimum Gasteiger partial charge on any atom is -0.506 e. The number of pyridine rings is 1. The summed E-state index contributed by atoms with van der Waals surface area (Å²) in [5, 5.41) is 22.5. The van der Waals surface area contributed by atoms with Gasteiger partial charge in [0.2, 0.25) is 0 Å². The summed E-state index contributed by atoms with van der Waals surface area (Å²) in [7, 11) is 1.35. The number of methoxy groups -OCH3 is 1. The Morgan fingerprint density at radius 1 is 1.52 bits per heavy atom. The van der Waals surface area contributed by atoms with Gasteiger partial charge in [-0.05, 0) is 12.8 Å². The number of aromatic nitrogens is 1. The third-order valence-corrected chi connectivity index (χ3v) is 3.77. The Labute approximate surface area is 125 Å². The molecule has 1 aromatic rings. The van der Waals surface area contributed by atoms with Crippen molar-refractivity contribution in [1.29, 1.82) is 0 Å². The second-order valence-electron chi connectivity index (χ2n) is 5.12. The lowest BCUT2D eigenvalue weighted by molar-refractivity contribution is -0.144. The van der Waals surface area contributed by atoms with Crippen LogP contribution in [0.3, 0.4) is 0 Å². The van der Waals surface area contributed by atoms with Crippen molar-refractivity contribution in [3.05, 3.63) is 23.0 Å². The van der Waals surface area contributed by atoms with Crippen LogP contribution in [-0.2, 0) is 22.7 Å². The van der Waals surface area contributed by atoms with Gasteiger partial charge >= 0.3 is 5.97 Å². The van der Waals surface area contributed by atoms with Gasteiger partial charge in [0.05, 0.1) is 19.4 Å². The van der Waals surface area contributed by atoms with Crippen molar-refractivity contribution in [2.75, 3.05) is 7.11 Å². The molecule has 0 aromatic carbocycles. The molecule has 1 rings (SSSR count). The SMILES string of the molecule is CCC(C)C(NCc1c(CO)cnc(C)c1O)C(=O)OC. The second-order valence-corrected chi connectivity index (χ2v) is 5.12. The number of carbonyl (C=O) groups is 1. The number of aliphatic hydroxyl groups excluding tert-OH is 1. The van der Waals surface area contributed by atoms with E-state index in [-0.39, 0.29) is 30.8 Å². The molecule has 0 spiro atoms. The van der Waals surface area contributed by atoms with Crippen LogP contribution in [-0.4, -0.2) is 34.3 Å². The van der Waals surface area contributed by atoms with Crippen molar-refractivity contribution >= 4 is 5.97 Å². The largest absolute Gasteiger partial charge is 0.506 e. The summed E-state index contributed by atoms with van der Waals surface area (Å²) in [6.45, 7) is 5.68. The lowest BCUT2D eigenvalue weighted by atomic mass is 9.98. The van der Waals surface area contributed by atoms with E-state index in [4.69, 9.17) is 4.74 Å². The Kier molecular flexibility index (Phi) is 6.58. The number of hydrogen-bond donors (Lipinski definition) is 3. The average Bonchev–Trinajstić information content (AvgIpc) is 2.50. The van der Waals surface area contributed by atoms with Gasteiger partial charge in [-0.15, -0.1) is 0 Å². The first-order chi connectivity index (χ1) is 9.96. The first-order valence-corrected chi connectivity index (χ1v) is 7.04. The topological polar surface area (TPSA) is 91.7 Å². The third kappa shape index (κ3) is 4.15. The van der Waals surface area contributed by atoms with Gasteiger partial charge < -0.3 is 14.9 Å². The fourth-order valence-electron chi connectivity index (χ4n) is 2.11. The van der Waals surface area contributed by atoms with Crippen molar-refractivity contribution < 1.29 is 19.7 Å². The fraction of sp³-hybridized carbons (Fsp3) is 0.600. The van der Waals surface area contributed by atoms with E-state index in [2.05, 4.69) is 10.3 Å². The van der Waals surface area contributed by atoms with E-state index >= 15 is 0 Å². The van der Waals surface area contributed by atoms with Crippen LogP contribution in [0.25, 0.3) is 0 Å². The molecule has 0 bridgehead atoms. The summed E-state index contributed by atoms with van der Waals surface area (Å²) in [5.74, 6) is -0.193. The van der Waals surface area contributed by atoms with E-state index in [1.54, 1.807) is 6.92 Å². The Balaban J connectivity index is 2.94. The number of ether oxygens (including phenoxy) is 1. The average molecular weight is 296 g/mol. The van der Waals surface area contributed by atoms with Crippen LogP contribution in [0.5, 0.6) is 5.75 Å². The van der Waals surface area contributed by atoms with E-state index in [0.29, 0.717) is 16.8 Å². The summed E-state index contributed by atoms with van der Waals surface area (Å²) in [6.07, 6.45) is 2.35. The lowest BCUT2D eigenvalue weighted by Crippen LogP contribution is -2.42. The number of aromatic hydroxyl groups is 1. The molecule has 6 nitrogen and oxygen atoms in total. The highest BCUT2D eigenvalue weighted by atomic mass is 16.5. The van der Waals surface area contributed by atoms with Gasteiger partial charge in [0.1, 0.15) is 11.8 Å². The molecule has 0 radical (unpaired) electrons. The van der Waals surface area contributed by atoms with Gasteiger partial charge in [0, 0.05) is 23.9 Å². The van der Waals surface area contributed by atoms with Crippen LogP contribution in [0.15, 0.2) is 6.20 Å². The standard InChI is InChI=1S/C15H24N2O4/c1-5-9(2)13(15(20)21-4)17-7-12-11(8-18)6-16-10(3)14(12)19/h6,9,13,17-19H,5,7-8H2,1-4H3. The van der Waals surface area contributed by atoms with Crippen LogP contribution in [0.2, 0.25) is 0 Å². The molecule has 0 aliphatic carbocycles. The van der Waals surface area contributed by atoms with Crippen LogP contribution in [0, 0.1) is 12.8 Å². The number of aryl methyl sites for hydroxylation is 1. The van der Waals surface area contributed by atoms with Crippen LogP contribution in [0.4, 0.5) is 0 Å². The highest BCUT2D eigenvalue weighted by Gasteiger charge is 2.25. The molecule has 0 aliphatic heterocycles. The number of esters is 1. The number of aliphatic hydroxyl groups is 1. The summed E-state index contributed by atoms with van der Waals surface area (Å²) in [6, 6.07) is -0.459. The first-order valence-electron chi connectivity index (χ1n) is 7.04. The third-order valence-electron chi connectivity index (χ3n) is 3.77. The number of hydrogen-bond acceptors (Lipinski definition) is 6. The highest BCUT2D eigenvalue weighted by Crippen LogP contribution is 2.24. The molecular formula is C15H24N2O4. The Morgan fingerprint density at radius 2 is 2.19 bits per heavy atom. The Bertz CT molecular complexity index is 491. The van der Waals surface area contributed by atoms with Crippen molar-refractivity contribution in [2.24, 2.45) is 5.92 Å². The molecule has 0 saturated heterocycles. The summed E-state index contributed by atoms with van der Waals surface area (Å²) >= 11 is 0. The zero-order valence-corrected chi connectivity index (χ0v) is 13.0. The number of nitrogens with zero attached hydrogens (tertiary/aromatic N) is 1. The maximum Gasteiger partial charge on any atom is 0.323 e. The molecule has 0 aliphatic rings. The van der Waals surface area contributed by atoms with Crippen molar-refractivity contribution in [3.63, 3.8) is 0 Å². The monoisotopic (exact) mass is 296 g/mol. The maximum absolute atomic E-state index is 11.8. The summed E-state index contributed by atoms with van der Waals surface area (Å²) in [5.41, 5.74) is 1.59. The molecule has 21 heavy (non-hydrogen) atoms. The normalized spacial score (nSPS) is 13.8. The second kappa shape index (κ2) is 7.95. The van der Waals surface area contributed by atoms with E-state index in [0.717, 1.165) is 6.42 Å². The molecule has 2 atom stereocenters. The zero-order chi connectivity index (χ0) is 16.0. The first kappa shape index (κ1) is 17.4. The minimum absolute atomic E-state index is 0.0433. The van der Waals surface area contributed by atoms with Gasteiger partial charge in [-0.2, -0.15) is 0 Å². The molecule has 1 heterocycles. The van der Waals surface area contributed by atoms with Crippen LogP contribution in [0.1, 0.15) is 37.1 Å². The minimum atomic E-state index is -0.459. The smallest absolute Gasteiger partial charge is 0.323 e. The van der Waals surface area contributed by atoms with Gasteiger partial charge in [0.15, 0.2) is 0 Å². The summed E-state index contributed by atoms with van der Waals surface area (Å²) in [4.78, 5) is 15.8. The molecule has 6 heteroatoms. The number of carbonyl (C=O) groups excluding carboxylic acids is 1. The lowest BCUT2D eigenvalue weighted by Gasteiger charge is -2.23. The molecule has 1 aromatic heterocycles. The van der Waals surface area contributed by atoms with E-state index in [9.17, 15) is 15.0 Å². The molecule has 118 valence electrons. The Hall–Kier alpha value is -1.66. The van der Waals surface area contributed by atoms with Crippen LogP contribution < -0.4 is 5.32 Å².